The third-order valence-electron chi connectivity index (χ3n) is 8.51. The maximum atomic E-state index is 12.3. The molecule has 0 aromatic heterocycles. The molecule has 2 aromatic carbocycles. The second-order valence-corrected chi connectivity index (χ2v) is 14.2. The van der Waals surface area contributed by atoms with Crippen LogP contribution in [0.1, 0.15) is 186 Å². The molecular weight excluding hydrogens is 656 g/mol. The van der Waals surface area contributed by atoms with E-state index in [-0.39, 0.29) is 22.3 Å². The van der Waals surface area contributed by atoms with Crippen molar-refractivity contribution >= 4 is 23.9 Å². The summed E-state index contributed by atoms with van der Waals surface area (Å²) in [5.41, 5.74) is 1.14. The second kappa shape index (κ2) is 29.9. The Bertz CT molecular complexity index is 1170. The number of carbonyl (C=O) groups excluding carboxylic acids is 4. The van der Waals surface area contributed by atoms with E-state index in [1.807, 2.05) is 0 Å². The van der Waals surface area contributed by atoms with Crippen molar-refractivity contribution in [3.05, 3.63) is 70.8 Å². The van der Waals surface area contributed by atoms with E-state index < -0.39 is 23.9 Å². The first-order chi connectivity index (χ1) is 25.1. The number of ether oxygens (including phenoxy) is 4. The van der Waals surface area contributed by atoms with Gasteiger partial charge in [-0.3, -0.25) is 0 Å². The molecule has 0 amide bonds. The van der Waals surface area contributed by atoms with E-state index in [0.29, 0.717) is 38.3 Å². The summed E-state index contributed by atoms with van der Waals surface area (Å²) in [6.07, 6.45) is 16.9. The molecule has 0 spiro atoms. The SMILES string of the molecule is CC(C)CCCCOC(=O)c1ccccc1C(=O)OCCCCC(C)C.CCCCCCCOC(=O)c1ccccc1C(=O)OCCCCCCC. The van der Waals surface area contributed by atoms with Gasteiger partial charge in [0.1, 0.15) is 0 Å². The Balaban J connectivity index is 0.000000520. The number of hydrogen-bond donors (Lipinski definition) is 0. The van der Waals surface area contributed by atoms with Crippen molar-refractivity contribution in [2.75, 3.05) is 26.4 Å². The minimum absolute atomic E-state index is 0.281. The molecule has 0 saturated carbocycles. The zero-order valence-corrected chi connectivity index (χ0v) is 33.2. The quantitative estimate of drug-likeness (QED) is 0.0536. The number of carbonyl (C=O) groups is 4. The second-order valence-electron chi connectivity index (χ2n) is 14.2. The highest BCUT2D eigenvalue weighted by molar-refractivity contribution is 6.03. The Morgan fingerprint density at radius 2 is 0.654 bits per heavy atom. The average molecular weight is 725 g/mol. The molecule has 0 fully saturated rings. The smallest absolute Gasteiger partial charge is 0.339 e. The van der Waals surface area contributed by atoms with Gasteiger partial charge in [-0.1, -0.05) is 130 Å². The van der Waals surface area contributed by atoms with Crippen LogP contribution < -0.4 is 0 Å². The van der Waals surface area contributed by atoms with E-state index in [1.165, 1.54) is 25.7 Å². The molecule has 0 radical (unpaired) electrons. The maximum Gasteiger partial charge on any atom is 0.339 e. The molecule has 0 bridgehead atoms. The average Bonchev–Trinajstić information content (AvgIpc) is 3.13. The van der Waals surface area contributed by atoms with Crippen LogP contribution in [0.15, 0.2) is 48.5 Å². The molecule has 0 N–H and O–H groups in total. The van der Waals surface area contributed by atoms with Crippen LogP contribution in [0.3, 0.4) is 0 Å². The molecule has 0 heterocycles. The van der Waals surface area contributed by atoms with Gasteiger partial charge < -0.3 is 18.9 Å². The van der Waals surface area contributed by atoms with Crippen LogP contribution in [0.2, 0.25) is 0 Å². The van der Waals surface area contributed by atoms with Crippen LogP contribution in [0, 0.1) is 11.8 Å². The highest BCUT2D eigenvalue weighted by Crippen LogP contribution is 2.16. The van der Waals surface area contributed by atoms with Crippen molar-refractivity contribution < 1.29 is 38.1 Å². The lowest BCUT2D eigenvalue weighted by molar-refractivity contribution is 0.0449. The molecule has 52 heavy (non-hydrogen) atoms. The van der Waals surface area contributed by atoms with Gasteiger partial charge in [-0.25, -0.2) is 19.2 Å². The number of rotatable bonds is 26. The summed E-state index contributed by atoms with van der Waals surface area (Å²) in [6.45, 7) is 14.6. The van der Waals surface area contributed by atoms with Crippen LogP contribution in [0.4, 0.5) is 0 Å². The largest absolute Gasteiger partial charge is 0.462 e. The topological polar surface area (TPSA) is 105 Å². The van der Waals surface area contributed by atoms with Crippen molar-refractivity contribution in [2.24, 2.45) is 11.8 Å². The van der Waals surface area contributed by atoms with Crippen LogP contribution in [-0.4, -0.2) is 50.3 Å². The number of hydrogen-bond acceptors (Lipinski definition) is 8. The van der Waals surface area contributed by atoms with Crippen LogP contribution >= 0.6 is 0 Å². The number of unbranched alkanes of at least 4 members (excludes halogenated alkanes) is 10. The summed E-state index contributed by atoms with van der Waals surface area (Å²) in [4.78, 5) is 49.1. The first-order valence-corrected chi connectivity index (χ1v) is 20.0. The van der Waals surface area contributed by atoms with Crippen LogP contribution in [-0.2, 0) is 18.9 Å². The molecule has 8 heteroatoms. The Morgan fingerprint density at radius 1 is 0.404 bits per heavy atom. The van der Waals surface area contributed by atoms with Gasteiger partial charge in [0.25, 0.3) is 0 Å². The lowest BCUT2D eigenvalue weighted by Crippen LogP contribution is -2.15. The zero-order valence-electron chi connectivity index (χ0n) is 33.2. The molecule has 0 unspecified atom stereocenters. The van der Waals surface area contributed by atoms with E-state index in [4.69, 9.17) is 18.9 Å². The summed E-state index contributed by atoms with van der Waals surface area (Å²) < 4.78 is 21.3. The van der Waals surface area contributed by atoms with E-state index in [9.17, 15) is 19.2 Å². The number of esters is 4. The first kappa shape index (κ1) is 46.3. The van der Waals surface area contributed by atoms with Crippen LogP contribution in [0.5, 0.6) is 0 Å². The molecule has 2 rings (SSSR count). The van der Waals surface area contributed by atoms with Gasteiger partial charge >= 0.3 is 23.9 Å². The fourth-order valence-corrected chi connectivity index (χ4v) is 5.37. The summed E-state index contributed by atoms with van der Waals surface area (Å²) in [6, 6.07) is 13.4. The molecule has 0 atom stereocenters. The maximum absolute atomic E-state index is 12.3. The highest BCUT2D eigenvalue weighted by atomic mass is 16.5. The molecule has 0 aliphatic rings. The Morgan fingerprint density at radius 3 is 0.904 bits per heavy atom. The lowest BCUT2D eigenvalue weighted by Gasteiger charge is -2.10. The van der Waals surface area contributed by atoms with Crippen molar-refractivity contribution in [1.82, 2.24) is 0 Å². The van der Waals surface area contributed by atoms with Gasteiger partial charge in [0.05, 0.1) is 48.7 Å². The van der Waals surface area contributed by atoms with Crippen molar-refractivity contribution in [3.8, 4) is 0 Å². The molecule has 0 saturated heterocycles. The fourth-order valence-electron chi connectivity index (χ4n) is 5.37. The highest BCUT2D eigenvalue weighted by Gasteiger charge is 2.20. The minimum atomic E-state index is -0.457. The van der Waals surface area contributed by atoms with Gasteiger partial charge in [0.2, 0.25) is 0 Å². The van der Waals surface area contributed by atoms with Gasteiger partial charge in [0.15, 0.2) is 0 Å². The third-order valence-corrected chi connectivity index (χ3v) is 8.51. The van der Waals surface area contributed by atoms with Crippen molar-refractivity contribution in [2.45, 2.75) is 144 Å². The lowest BCUT2D eigenvalue weighted by atomic mass is 10.1. The molecule has 2 aromatic rings. The Hall–Kier alpha value is -3.68. The van der Waals surface area contributed by atoms with Gasteiger partial charge in [0, 0.05) is 0 Å². The van der Waals surface area contributed by atoms with E-state index in [2.05, 4.69) is 41.5 Å². The molecule has 0 aliphatic heterocycles. The zero-order chi connectivity index (χ0) is 38.4. The minimum Gasteiger partial charge on any atom is -0.462 e. The standard InChI is InChI=1S/2C22H34O4/c1-17(2)11-7-9-15-25-21(23)19-13-5-6-14-20(19)22(24)26-16-10-8-12-18(3)4;1-3-5-7-9-13-17-25-21(23)19-15-11-12-16-20(19)22(24)26-18-14-10-8-6-4-2/h5-6,13-14,17-18H,7-12,15-16H2,1-4H3;11-12,15-16H,3-10,13-14,17-18H2,1-2H3. The summed E-state index contributed by atoms with van der Waals surface area (Å²) in [5, 5.41) is 0. The predicted octanol–water partition coefficient (Wildman–Crippen LogP) is 11.6. The Kier molecular flexibility index (Phi) is 26.6. The first-order valence-electron chi connectivity index (χ1n) is 20.0. The van der Waals surface area contributed by atoms with Gasteiger partial charge in [-0.15, -0.1) is 0 Å². The Labute approximate surface area is 314 Å². The van der Waals surface area contributed by atoms with Crippen molar-refractivity contribution in [1.29, 1.82) is 0 Å². The normalized spacial score (nSPS) is 10.8. The summed E-state index contributed by atoms with van der Waals surface area (Å²) in [5.74, 6) is -0.501. The van der Waals surface area contributed by atoms with E-state index in [0.717, 1.165) is 77.0 Å². The molecule has 292 valence electrons. The van der Waals surface area contributed by atoms with Crippen LogP contribution in [0.25, 0.3) is 0 Å². The molecular formula is C44H68O8. The predicted molar refractivity (Wildman–Crippen MR) is 209 cm³/mol. The summed E-state index contributed by atoms with van der Waals surface area (Å²) in [7, 11) is 0. The van der Waals surface area contributed by atoms with E-state index >= 15 is 0 Å². The molecule has 8 nitrogen and oxygen atoms in total. The third kappa shape index (κ3) is 21.6. The van der Waals surface area contributed by atoms with Gasteiger partial charge in [-0.2, -0.15) is 0 Å². The number of benzene rings is 2. The van der Waals surface area contributed by atoms with E-state index in [1.54, 1.807) is 48.5 Å². The monoisotopic (exact) mass is 724 g/mol. The fraction of sp³-hybridized carbons (Fsp3) is 0.636. The van der Waals surface area contributed by atoms with Gasteiger partial charge in [-0.05, 0) is 74.6 Å². The molecule has 0 aliphatic carbocycles. The summed E-state index contributed by atoms with van der Waals surface area (Å²) >= 11 is 0. The van der Waals surface area contributed by atoms with Crippen molar-refractivity contribution in [3.63, 3.8) is 0 Å².